The molecule has 2 rings (SSSR count). The van der Waals surface area contributed by atoms with Gasteiger partial charge in [0.15, 0.2) is 0 Å². The summed E-state index contributed by atoms with van der Waals surface area (Å²) in [5.41, 5.74) is 6.05. The van der Waals surface area contributed by atoms with Gasteiger partial charge in [-0.25, -0.2) is 13.1 Å². The Morgan fingerprint density at radius 2 is 1.82 bits per heavy atom. The van der Waals surface area contributed by atoms with Gasteiger partial charge < -0.3 is 11.1 Å². The Kier molecular flexibility index (Phi) is 4.80. The van der Waals surface area contributed by atoms with Crippen LogP contribution in [0.25, 0.3) is 10.8 Å². The number of nitrogens with two attached hydrogens (primary N) is 1. The van der Waals surface area contributed by atoms with Crippen LogP contribution in [0.4, 0.5) is 5.69 Å². The van der Waals surface area contributed by atoms with Crippen molar-refractivity contribution in [3.8, 4) is 0 Å². The van der Waals surface area contributed by atoms with Crippen LogP contribution in [0.1, 0.15) is 13.8 Å². The van der Waals surface area contributed by atoms with Crippen LogP contribution < -0.4 is 15.8 Å². The van der Waals surface area contributed by atoms with Gasteiger partial charge in [0.2, 0.25) is 15.9 Å². The monoisotopic (exact) mass is 321 g/mol. The Hall–Kier alpha value is -1.96. The van der Waals surface area contributed by atoms with Gasteiger partial charge in [-0.15, -0.1) is 0 Å². The molecule has 0 saturated carbocycles. The molecule has 0 fully saturated rings. The summed E-state index contributed by atoms with van der Waals surface area (Å²) in [6.07, 6.45) is 0. The first-order chi connectivity index (χ1) is 10.3. The van der Waals surface area contributed by atoms with Crippen molar-refractivity contribution in [1.82, 2.24) is 4.72 Å². The number of carbonyl (C=O) groups is 1. The summed E-state index contributed by atoms with van der Waals surface area (Å²) in [7, 11) is -3.69. The molecular weight excluding hydrogens is 302 g/mol. The van der Waals surface area contributed by atoms with Crippen molar-refractivity contribution < 1.29 is 13.2 Å². The van der Waals surface area contributed by atoms with Crippen molar-refractivity contribution in [2.75, 3.05) is 11.9 Å². The van der Waals surface area contributed by atoms with E-state index >= 15 is 0 Å². The lowest BCUT2D eigenvalue weighted by molar-refractivity contribution is -0.114. The number of amides is 1. The maximum absolute atomic E-state index is 12.5. The van der Waals surface area contributed by atoms with E-state index in [0.29, 0.717) is 16.5 Å². The minimum absolute atomic E-state index is 0.164. The van der Waals surface area contributed by atoms with Crippen LogP contribution >= 0.6 is 0 Å². The first-order valence-electron chi connectivity index (χ1n) is 6.87. The molecule has 0 bridgehead atoms. The van der Waals surface area contributed by atoms with Crippen molar-refractivity contribution in [2.24, 2.45) is 5.73 Å². The van der Waals surface area contributed by atoms with Crippen molar-refractivity contribution in [3.05, 3.63) is 36.4 Å². The third-order valence-electron chi connectivity index (χ3n) is 3.19. The number of hydrogen-bond donors (Lipinski definition) is 3. The highest BCUT2D eigenvalue weighted by molar-refractivity contribution is 7.89. The number of sulfonamides is 1. The van der Waals surface area contributed by atoms with Gasteiger partial charge in [-0.1, -0.05) is 24.3 Å². The van der Waals surface area contributed by atoms with E-state index in [9.17, 15) is 13.2 Å². The van der Waals surface area contributed by atoms with Crippen LogP contribution in [0.15, 0.2) is 41.3 Å². The molecule has 0 unspecified atom stereocenters. The van der Waals surface area contributed by atoms with Crippen LogP contribution in [-0.4, -0.2) is 26.9 Å². The summed E-state index contributed by atoms with van der Waals surface area (Å²) in [6, 6.07) is 9.74. The van der Waals surface area contributed by atoms with Crippen LogP contribution in [0, 0.1) is 0 Å². The highest BCUT2D eigenvalue weighted by Crippen LogP contribution is 2.29. The predicted octanol–water partition coefficient (Wildman–Crippen LogP) is 1.42. The number of fused-ring (bicyclic) bond motifs is 1. The molecule has 1 atom stereocenters. The zero-order valence-corrected chi connectivity index (χ0v) is 13.3. The zero-order chi connectivity index (χ0) is 16.3. The number of carbonyl (C=O) groups excluding carboxylic acids is 1. The van der Waals surface area contributed by atoms with Gasteiger partial charge in [-0.2, -0.15) is 0 Å². The predicted molar refractivity (Wildman–Crippen MR) is 87.1 cm³/mol. The first-order valence-corrected chi connectivity index (χ1v) is 8.35. The van der Waals surface area contributed by atoms with Crippen molar-refractivity contribution >= 4 is 32.4 Å². The Morgan fingerprint density at radius 3 is 2.41 bits per heavy atom. The number of anilines is 1. The number of nitrogens with one attached hydrogen (secondary N) is 2. The van der Waals surface area contributed by atoms with Crippen LogP contribution in [0.3, 0.4) is 0 Å². The largest absolute Gasteiger partial charge is 0.329 e. The zero-order valence-electron chi connectivity index (χ0n) is 12.5. The summed E-state index contributed by atoms with van der Waals surface area (Å²) in [5, 5.41) is 3.92. The Labute approximate surface area is 129 Å². The van der Waals surface area contributed by atoms with Gasteiger partial charge in [0.1, 0.15) is 0 Å². The second-order valence-corrected chi connectivity index (χ2v) is 6.78. The van der Waals surface area contributed by atoms with Gasteiger partial charge in [0.05, 0.1) is 4.90 Å². The SMILES string of the molecule is CC(=O)Nc1ccc(S(=O)(=O)N[C@@H](C)CN)c2ccccc12. The van der Waals surface area contributed by atoms with E-state index in [2.05, 4.69) is 10.0 Å². The minimum Gasteiger partial charge on any atom is -0.329 e. The maximum atomic E-state index is 12.5. The molecule has 0 aliphatic carbocycles. The molecule has 0 spiro atoms. The van der Waals surface area contributed by atoms with Gasteiger partial charge in [-0.3, -0.25) is 4.79 Å². The van der Waals surface area contributed by atoms with Crippen LogP contribution in [-0.2, 0) is 14.8 Å². The summed E-state index contributed by atoms with van der Waals surface area (Å²) in [4.78, 5) is 11.4. The third kappa shape index (κ3) is 3.44. The summed E-state index contributed by atoms with van der Waals surface area (Å²) < 4.78 is 27.5. The number of benzene rings is 2. The smallest absolute Gasteiger partial charge is 0.241 e. The standard InChI is InChI=1S/C15H19N3O3S/c1-10(9-16)18-22(20,21)15-8-7-14(17-11(2)19)12-5-3-4-6-13(12)15/h3-8,10,18H,9,16H2,1-2H3,(H,17,19)/t10-/m0/s1. The van der Waals surface area contributed by atoms with Gasteiger partial charge in [0, 0.05) is 36.0 Å². The van der Waals surface area contributed by atoms with E-state index < -0.39 is 10.0 Å². The minimum atomic E-state index is -3.69. The van der Waals surface area contributed by atoms with E-state index in [1.54, 1.807) is 37.3 Å². The molecule has 7 heteroatoms. The fourth-order valence-electron chi connectivity index (χ4n) is 2.18. The highest BCUT2D eigenvalue weighted by atomic mass is 32.2. The molecule has 0 aromatic heterocycles. The quantitative estimate of drug-likeness (QED) is 0.775. The van der Waals surface area contributed by atoms with Crippen molar-refractivity contribution in [3.63, 3.8) is 0 Å². The second kappa shape index (κ2) is 6.43. The number of hydrogen-bond acceptors (Lipinski definition) is 4. The second-order valence-electron chi connectivity index (χ2n) is 5.10. The molecule has 118 valence electrons. The van der Waals surface area contributed by atoms with E-state index in [4.69, 9.17) is 5.73 Å². The fourth-order valence-corrected chi connectivity index (χ4v) is 3.65. The highest BCUT2D eigenvalue weighted by Gasteiger charge is 2.20. The molecule has 0 aliphatic heterocycles. The van der Waals surface area contributed by atoms with E-state index in [0.717, 1.165) is 0 Å². The lowest BCUT2D eigenvalue weighted by Crippen LogP contribution is -2.37. The van der Waals surface area contributed by atoms with Gasteiger partial charge in [-0.05, 0) is 19.1 Å². The molecule has 2 aromatic carbocycles. The molecule has 0 radical (unpaired) electrons. The molecular formula is C15H19N3O3S. The lowest BCUT2D eigenvalue weighted by atomic mass is 10.1. The Balaban J connectivity index is 2.60. The Morgan fingerprint density at radius 1 is 1.18 bits per heavy atom. The molecule has 0 heterocycles. The van der Waals surface area contributed by atoms with E-state index in [1.165, 1.54) is 13.0 Å². The molecule has 2 aromatic rings. The Bertz CT molecular complexity index is 803. The number of rotatable bonds is 5. The molecule has 1 amide bonds. The third-order valence-corrected chi connectivity index (χ3v) is 4.84. The van der Waals surface area contributed by atoms with Crippen LogP contribution in [0.2, 0.25) is 0 Å². The van der Waals surface area contributed by atoms with E-state index in [-0.39, 0.29) is 23.4 Å². The fraction of sp³-hybridized carbons (Fsp3) is 0.267. The van der Waals surface area contributed by atoms with Gasteiger partial charge in [0.25, 0.3) is 0 Å². The van der Waals surface area contributed by atoms with E-state index in [1.807, 2.05) is 0 Å². The maximum Gasteiger partial charge on any atom is 0.241 e. The lowest BCUT2D eigenvalue weighted by Gasteiger charge is -2.15. The van der Waals surface area contributed by atoms with Crippen LogP contribution in [0.5, 0.6) is 0 Å². The summed E-state index contributed by atoms with van der Waals surface area (Å²) >= 11 is 0. The average Bonchev–Trinajstić information content (AvgIpc) is 2.46. The summed E-state index contributed by atoms with van der Waals surface area (Å²) in [5.74, 6) is -0.212. The van der Waals surface area contributed by atoms with Crippen molar-refractivity contribution in [1.29, 1.82) is 0 Å². The van der Waals surface area contributed by atoms with Crippen molar-refractivity contribution in [2.45, 2.75) is 24.8 Å². The summed E-state index contributed by atoms with van der Waals surface area (Å²) in [6.45, 7) is 3.32. The molecule has 22 heavy (non-hydrogen) atoms. The first kappa shape index (κ1) is 16.4. The molecule has 0 saturated heterocycles. The topological polar surface area (TPSA) is 101 Å². The average molecular weight is 321 g/mol. The van der Waals surface area contributed by atoms with Gasteiger partial charge >= 0.3 is 0 Å². The molecule has 4 N–H and O–H groups in total. The normalized spacial score (nSPS) is 13.0. The molecule has 0 aliphatic rings. The molecule has 6 nitrogen and oxygen atoms in total.